The van der Waals surface area contributed by atoms with Crippen molar-refractivity contribution in [3.8, 4) is 0 Å². The second-order valence-electron chi connectivity index (χ2n) is 7.37. The van der Waals surface area contributed by atoms with Crippen LogP contribution >= 0.6 is 11.6 Å². The fourth-order valence-corrected chi connectivity index (χ4v) is 3.56. The first-order valence-electron chi connectivity index (χ1n) is 10.3. The van der Waals surface area contributed by atoms with Crippen molar-refractivity contribution in [2.45, 2.75) is 26.2 Å². The van der Waals surface area contributed by atoms with Crippen LogP contribution in [0.5, 0.6) is 0 Å². The number of carbonyl (C=O) groups is 1. The summed E-state index contributed by atoms with van der Waals surface area (Å²) in [5.74, 6) is 0.137. The zero-order chi connectivity index (χ0) is 19.8. The number of carbonyl (C=O) groups excluding carboxylic acids is 1. The van der Waals surface area contributed by atoms with Gasteiger partial charge < -0.3 is 10.2 Å². The predicted molar refractivity (Wildman–Crippen MR) is 117 cm³/mol. The molecule has 5 heteroatoms. The predicted octanol–water partition coefficient (Wildman–Crippen LogP) is 4.55. The highest BCUT2D eigenvalue weighted by atomic mass is 35.5. The minimum Gasteiger partial charge on any atom is -0.385 e. The van der Waals surface area contributed by atoms with Gasteiger partial charge in [0, 0.05) is 55.5 Å². The van der Waals surface area contributed by atoms with Crippen molar-refractivity contribution in [3.63, 3.8) is 0 Å². The lowest BCUT2D eigenvalue weighted by Gasteiger charge is -2.34. The van der Waals surface area contributed by atoms with Gasteiger partial charge in [-0.3, -0.25) is 9.69 Å². The van der Waals surface area contributed by atoms with Crippen LogP contribution in [0.3, 0.4) is 0 Å². The van der Waals surface area contributed by atoms with Crippen molar-refractivity contribution >= 4 is 23.2 Å². The number of nitrogens with one attached hydrogen (secondary N) is 1. The second kappa shape index (κ2) is 10.5. The maximum absolute atomic E-state index is 12.8. The fourth-order valence-electron chi connectivity index (χ4n) is 3.44. The van der Waals surface area contributed by atoms with Crippen molar-refractivity contribution in [1.29, 1.82) is 0 Å². The Labute approximate surface area is 173 Å². The van der Waals surface area contributed by atoms with E-state index in [4.69, 9.17) is 11.6 Å². The third-order valence-electron chi connectivity index (χ3n) is 5.28. The summed E-state index contributed by atoms with van der Waals surface area (Å²) in [4.78, 5) is 17.2. The lowest BCUT2D eigenvalue weighted by atomic mass is 10.1. The molecule has 0 aliphatic carbocycles. The Balaban J connectivity index is 1.43. The first kappa shape index (κ1) is 20.7. The Morgan fingerprint density at radius 2 is 1.68 bits per heavy atom. The maximum atomic E-state index is 12.8. The molecule has 1 amide bonds. The molecule has 1 saturated heterocycles. The molecule has 0 aromatic heterocycles. The highest BCUT2D eigenvalue weighted by Gasteiger charge is 2.21. The molecule has 0 atom stereocenters. The number of unbranched alkanes of at least 4 members (excludes halogenated alkanes) is 1. The zero-order valence-corrected chi connectivity index (χ0v) is 17.4. The minimum atomic E-state index is 0.137. The summed E-state index contributed by atoms with van der Waals surface area (Å²) >= 11 is 5.94. The van der Waals surface area contributed by atoms with Crippen molar-refractivity contribution in [1.82, 2.24) is 9.80 Å². The van der Waals surface area contributed by atoms with Crippen LogP contribution in [0, 0.1) is 0 Å². The number of benzene rings is 2. The maximum Gasteiger partial charge on any atom is 0.253 e. The molecule has 1 fully saturated rings. The zero-order valence-electron chi connectivity index (χ0n) is 16.7. The molecule has 0 spiro atoms. The third kappa shape index (κ3) is 5.98. The van der Waals surface area contributed by atoms with E-state index in [1.165, 1.54) is 12.0 Å². The normalized spacial score (nSPS) is 14.9. The monoisotopic (exact) mass is 399 g/mol. The summed E-state index contributed by atoms with van der Waals surface area (Å²) in [5.41, 5.74) is 3.16. The summed E-state index contributed by atoms with van der Waals surface area (Å²) in [6.07, 6.45) is 3.34. The van der Waals surface area contributed by atoms with Gasteiger partial charge in [0.15, 0.2) is 0 Å². The summed E-state index contributed by atoms with van der Waals surface area (Å²) in [6.45, 7) is 7.60. The molecule has 0 saturated carbocycles. The van der Waals surface area contributed by atoms with Gasteiger partial charge >= 0.3 is 0 Å². The van der Waals surface area contributed by atoms with E-state index >= 15 is 0 Å². The Morgan fingerprint density at radius 1 is 1.00 bits per heavy atom. The fraction of sp³-hybridized carbons (Fsp3) is 0.435. The number of rotatable bonds is 8. The van der Waals surface area contributed by atoms with E-state index < -0.39 is 0 Å². The molecule has 3 rings (SSSR count). The van der Waals surface area contributed by atoms with Gasteiger partial charge in [-0.05, 0) is 54.8 Å². The average Bonchev–Trinajstić information content (AvgIpc) is 2.74. The SMILES string of the molecule is CCCCNc1ccc(C(=O)N2CCN(CCc3ccc(Cl)cc3)CC2)cc1. The molecular formula is C23H30ClN3O. The Kier molecular flexibility index (Phi) is 7.75. The van der Waals surface area contributed by atoms with Crippen molar-refractivity contribution in [2.75, 3.05) is 44.6 Å². The van der Waals surface area contributed by atoms with Gasteiger partial charge in [-0.15, -0.1) is 0 Å². The highest BCUT2D eigenvalue weighted by Crippen LogP contribution is 2.14. The first-order valence-corrected chi connectivity index (χ1v) is 10.6. The lowest BCUT2D eigenvalue weighted by Crippen LogP contribution is -2.49. The molecule has 28 heavy (non-hydrogen) atoms. The van der Waals surface area contributed by atoms with Gasteiger partial charge in [0.25, 0.3) is 5.91 Å². The number of piperazine rings is 1. The summed E-state index contributed by atoms with van der Waals surface area (Å²) in [6, 6.07) is 15.9. The Morgan fingerprint density at radius 3 is 2.32 bits per heavy atom. The van der Waals surface area contributed by atoms with Gasteiger partial charge in [-0.2, -0.15) is 0 Å². The first-order chi connectivity index (χ1) is 13.7. The van der Waals surface area contributed by atoms with Crippen LogP contribution in [0.4, 0.5) is 5.69 Å². The van der Waals surface area contributed by atoms with Crippen LogP contribution in [-0.4, -0.2) is 55.0 Å². The van der Waals surface area contributed by atoms with Gasteiger partial charge in [0.2, 0.25) is 0 Å². The molecule has 0 bridgehead atoms. The molecular weight excluding hydrogens is 370 g/mol. The number of hydrogen-bond acceptors (Lipinski definition) is 3. The van der Waals surface area contributed by atoms with Crippen LogP contribution in [0.2, 0.25) is 5.02 Å². The van der Waals surface area contributed by atoms with Crippen molar-refractivity contribution in [2.24, 2.45) is 0 Å². The molecule has 1 N–H and O–H groups in total. The van der Waals surface area contributed by atoms with E-state index in [2.05, 4.69) is 29.3 Å². The third-order valence-corrected chi connectivity index (χ3v) is 5.53. The lowest BCUT2D eigenvalue weighted by molar-refractivity contribution is 0.0638. The van der Waals surface area contributed by atoms with Gasteiger partial charge in [0.05, 0.1) is 0 Å². The molecule has 0 radical (unpaired) electrons. The van der Waals surface area contributed by atoms with E-state index in [0.29, 0.717) is 0 Å². The topological polar surface area (TPSA) is 35.6 Å². The van der Waals surface area contributed by atoms with E-state index in [9.17, 15) is 4.79 Å². The summed E-state index contributed by atoms with van der Waals surface area (Å²) in [7, 11) is 0. The largest absolute Gasteiger partial charge is 0.385 e. The molecule has 2 aromatic rings. The van der Waals surface area contributed by atoms with E-state index in [1.54, 1.807) is 0 Å². The summed E-state index contributed by atoms with van der Waals surface area (Å²) < 4.78 is 0. The molecule has 2 aromatic carbocycles. The summed E-state index contributed by atoms with van der Waals surface area (Å²) in [5, 5.41) is 4.17. The molecule has 1 aliphatic rings. The van der Waals surface area contributed by atoms with E-state index in [0.717, 1.165) is 68.4 Å². The second-order valence-corrected chi connectivity index (χ2v) is 7.80. The van der Waals surface area contributed by atoms with Crippen LogP contribution in [-0.2, 0) is 6.42 Å². The molecule has 1 aliphatic heterocycles. The average molecular weight is 400 g/mol. The number of hydrogen-bond donors (Lipinski definition) is 1. The van der Waals surface area contributed by atoms with Gasteiger partial charge in [-0.1, -0.05) is 37.1 Å². The highest BCUT2D eigenvalue weighted by molar-refractivity contribution is 6.30. The van der Waals surface area contributed by atoms with Crippen molar-refractivity contribution < 1.29 is 4.79 Å². The Bertz CT molecular complexity index is 737. The van der Waals surface area contributed by atoms with Crippen molar-refractivity contribution in [3.05, 3.63) is 64.7 Å². The molecule has 1 heterocycles. The van der Waals surface area contributed by atoms with Crippen LogP contribution in [0.1, 0.15) is 35.7 Å². The smallest absolute Gasteiger partial charge is 0.253 e. The van der Waals surface area contributed by atoms with E-state index in [-0.39, 0.29) is 5.91 Å². The molecule has 0 unspecified atom stereocenters. The number of amides is 1. The molecule has 150 valence electrons. The van der Waals surface area contributed by atoms with Crippen LogP contribution < -0.4 is 5.32 Å². The quantitative estimate of drug-likeness (QED) is 0.661. The number of halogens is 1. The minimum absolute atomic E-state index is 0.137. The number of anilines is 1. The standard InChI is InChI=1S/C23H30ClN3O/c1-2-3-13-25-22-10-6-20(7-11-22)23(28)27-17-15-26(16-18-27)14-12-19-4-8-21(24)9-5-19/h4-11,25H,2-3,12-18H2,1H3. The number of nitrogens with zero attached hydrogens (tertiary/aromatic N) is 2. The van der Waals surface area contributed by atoms with Gasteiger partial charge in [0.1, 0.15) is 0 Å². The van der Waals surface area contributed by atoms with E-state index in [1.807, 2.05) is 41.3 Å². The van der Waals surface area contributed by atoms with Crippen LogP contribution in [0.15, 0.2) is 48.5 Å². The van der Waals surface area contributed by atoms with Gasteiger partial charge in [-0.25, -0.2) is 0 Å². The molecule has 4 nitrogen and oxygen atoms in total. The Hall–Kier alpha value is -2.04. The van der Waals surface area contributed by atoms with Crippen LogP contribution in [0.25, 0.3) is 0 Å².